The maximum atomic E-state index is 12.5. The largest absolute Gasteiger partial charge is 0.478 e. The molecule has 1 aliphatic rings. The first kappa shape index (κ1) is 22.1. The van der Waals surface area contributed by atoms with Gasteiger partial charge in [0.1, 0.15) is 24.0 Å². The van der Waals surface area contributed by atoms with E-state index in [4.69, 9.17) is 25.8 Å². The molecule has 1 amide bonds. The fourth-order valence-electron chi connectivity index (χ4n) is 2.93. The molecule has 0 atom stereocenters. The molecule has 1 N–H and O–H groups in total. The van der Waals surface area contributed by atoms with Crippen molar-refractivity contribution in [2.24, 2.45) is 0 Å². The van der Waals surface area contributed by atoms with E-state index in [2.05, 4.69) is 20.2 Å². The Morgan fingerprint density at radius 1 is 1.23 bits per heavy atom. The van der Waals surface area contributed by atoms with Gasteiger partial charge in [0.2, 0.25) is 5.88 Å². The highest BCUT2D eigenvalue weighted by Crippen LogP contribution is 2.21. The Hall–Kier alpha value is -2.58. The third kappa shape index (κ3) is 6.21. The molecule has 0 bridgehead atoms. The van der Waals surface area contributed by atoms with Crippen molar-refractivity contribution in [1.82, 2.24) is 15.3 Å². The van der Waals surface area contributed by atoms with Gasteiger partial charge in [0.05, 0.1) is 19.8 Å². The number of carbonyl (C=O) groups is 1. The van der Waals surface area contributed by atoms with Crippen LogP contribution in [0.1, 0.15) is 19.7 Å². The second-order valence-electron chi connectivity index (χ2n) is 7.38. The number of halogens is 1. The smallest absolute Gasteiger partial charge is 0.263 e. The van der Waals surface area contributed by atoms with Gasteiger partial charge in [-0.05, 0) is 45.0 Å². The molecule has 0 radical (unpaired) electrons. The van der Waals surface area contributed by atoms with Crippen LogP contribution in [0.4, 0.5) is 5.82 Å². The van der Waals surface area contributed by atoms with Gasteiger partial charge in [-0.15, -0.1) is 0 Å². The Labute approximate surface area is 181 Å². The molecule has 1 aliphatic heterocycles. The number of hydrogen-bond donors (Lipinski definition) is 1. The Morgan fingerprint density at radius 2 is 1.93 bits per heavy atom. The SMILES string of the molecule is Cc1nc(OCCNC(=O)C(C)(C)Oc2ccc(Cl)cc2)cc(N2CCOCC2)n1. The van der Waals surface area contributed by atoms with Crippen molar-refractivity contribution in [3.05, 3.63) is 41.2 Å². The highest BCUT2D eigenvalue weighted by Gasteiger charge is 2.29. The lowest BCUT2D eigenvalue weighted by atomic mass is 10.1. The minimum absolute atomic E-state index is 0.242. The molecule has 0 saturated carbocycles. The van der Waals surface area contributed by atoms with E-state index in [1.165, 1.54) is 0 Å². The molecular formula is C21H27ClN4O4. The third-order valence-corrected chi connectivity index (χ3v) is 4.76. The van der Waals surface area contributed by atoms with Gasteiger partial charge in [0.15, 0.2) is 5.60 Å². The van der Waals surface area contributed by atoms with Gasteiger partial charge in [-0.25, -0.2) is 4.98 Å². The summed E-state index contributed by atoms with van der Waals surface area (Å²) in [5.41, 5.74) is -1.04. The molecule has 2 aromatic rings. The Morgan fingerprint density at radius 3 is 2.63 bits per heavy atom. The van der Waals surface area contributed by atoms with Crippen molar-refractivity contribution < 1.29 is 19.0 Å². The van der Waals surface area contributed by atoms with Crippen LogP contribution < -0.4 is 19.7 Å². The summed E-state index contributed by atoms with van der Waals surface area (Å²) in [6.07, 6.45) is 0. The van der Waals surface area contributed by atoms with Crippen LogP contribution in [0.5, 0.6) is 11.6 Å². The highest BCUT2D eigenvalue weighted by atomic mass is 35.5. The van der Waals surface area contributed by atoms with E-state index in [0.717, 1.165) is 18.9 Å². The zero-order chi connectivity index (χ0) is 21.6. The van der Waals surface area contributed by atoms with Gasteiger partial charge in [0, 0.05) is 24.2 Å². The standard InChI is InChI=1S/C21H27ClN4O4/c1-15-24-18(26-9-12-28-13-10-26)14-19(25-15)29-11-8-23-20(27)21(2,3)30-17-6-4-16(22)5-7-17/h4-7,14H,8-13H2,1-3H3,(H,23,27). The highest BCUT2D eigenvalue weighted by molar-refractivity contribution is 6.30. The predicted molar refractivity (Wildman–Crippen MR) is 114 cm³/mol. The summed E-state index contributed by atoms with van der Waals surface area (Å²) < 4.78 is 16.9. The molecule has 30 heavy (non-hydrogen) atoms. The first-order valence-electron chi connectivity index (χ1n) is 9.87. The normalized spacial score (nSPS) is 14.3. The van der Waals surface area contributed by atoms with Crippen LogP contribution in [0.2, 0.25) is 5.02 Å². The quantitative estimate of drug-likeness (QED) is 0.639. The van der Waals surface area contributed by atoms with Crippen LogP contribution in [0.15, 0.2) is 30.3 Å². The number of anilines is 1. The van der Waals surface area contributed by atoms with Crippen molar-refractivity contribution in [2.45, 2.75) is 26.4 Å². The van der Waals surface area contributed by atoms with Crippen molar-refractivity contribution in [3.63, 3.8) is 0 Å². The van der Waals surface area contributed by atoms with Crippen LogP contribution in [0, 0.1) is 6.92 Å². The average molecular weight is 435 g/mol. The summed E-state index contributed by atoms with van der Waals surface area (Å²) in [7, 11) is 0. The number of hydrogen-bond acceptors (Lipinski definition) is 7. The number of ether oxygens (including phenoxy) is 3. The number of nitrogens with zero attached hydrogens (tertiary/aromatic N) is 3. The van der Waals surface area contributed by atoms with E-state index in [9.17, 15) is 4.79 Å². The molecule has 1 saturated heterocycles. The van der Waals surface area contributed by atoms with Crippen LogP contribution >= 0.6 is 11.6 Å². The monoisotopic (exact) mass is 434 g/mol. The lowest BCUT2D eigenvalue weighted by molar-refractivity contribution is -0.134. The van der Waals surface area contributed by atoms with Gasteiger partial charge in [-0.1, -0.05) is 11.6 Å². The molecular weight excluding hydrogens is 408 g/mol. The van der Waals surface area contributed by atoms with E-state index in [-0.39, 0.29) is 12.5 Å². The van der Waals surface area contributed by atoms with E-state index in [1.807, 2.05) is 13.0 Å². The Kier molecular flexibility index (Phi) is 7.33. The first-order chi connectivity index (χ1) is 14.3. The number of aromatic nitrogens is 2. The average Bonchev–Trinajstić information content (AvgIpc) is 2.73. The topological polar surface area (TPSA) is 85.8 Å². The van der Waals surface area contributed by atoms with E-state index < -0.39 is 5.60 Å². The minimum atomic E-state index is -1.04. The van der Waals surface area contributed by atoms with Crippen LogP contribution in [0.3, 0.4) is 0 Å². The first-order valence-corrected chi connectivity index (χ1v) is 10.3. The number of aryl methyl sites for hydroxylation is 1. The third-order valence-electron chi connectivity index (χ3n) is 4.51. The zero-order valence-corrected chi connectivity index (χ0v) is 18.2. The van der Waals surface area contributed by atoms with Crippen LogP contribution in [-0.4, -0.2) is 60.9 Å². The lowest BCUT2D eigenvalue weighted by Gasteiger charge is -2.28. The summed E-state index contributed by atoms with van der Waals surface area (Å²) in [4.78, 5) is 23.4. The molecule has 9 heteroatoms. The van der Waals surface area contributed by atoms with Gasteiger partial charge in [-0.3, -0.25) is 4.79 Å². The zero-order valence-electron chi connectivity index (χ0n) is 17.5. The molecule has 3 rings (SSSR count). The van der Waals surface area contributed by atoms with Gasteiger partial charge < -0.3 is 24.4 Å². The van der Waals surface area contributed by atoms with Gasteiger partial charge in [-0.2, -0.15) is 4.98 Å². The number of nitrogens with one attached hydrogen (secondary N) is 1. The minimum Gasteiger partial charge on any atom is -0.478 e. The Balaban J connectivity index is 1.48. The number of carbonyl (C=O) groups excluding carboxylic acids is 1. The van der Waals surface area contributed by atoms with Crippen molar-refractivity contribution in [1.29, 1.82) is 0 Å². The van der Waals surface area contributed by atoms with Gasteiger partial charge >= 0.3 is 0 Å². The molecule has 0 aliphatic carbocycles. The maximum Gasteiger partial charge on any atom is 0.263 e. The molecule has 1 aromatic heterocycles. The van der Waals surface area contributed by atoms with Crippen LogP contribution in [-0.2, 0) is 9.53 Å². The van der Waals surface area contributed by atoms with Crippen molar-refractivity contribution in [3.8, 4) is 11.6 Å². The fourth-order valence-corrected chi connectivity index (χ4v) is 3.06. The number of amides is 1. The summed E-state index contributed by atoms with van der Waals surface area (Å²) in [5.74, 6) is 2.27. The molecule has 1 aromatic carbocycles. The predicted octanol–water partition coefficient (Wildman–Crippen LogP) is 2.63. The van der Waals surface area contributed by atoms with E-state index >= 15 is 0 Å². The molecule has 162 valence electrons. The summed E-state index contributed by atoms with van der Waals surface area (Å²) >= 11 is 5.88. The summed E-state index contributed by atoms with van der Waals surface area (Å²) in [6.45, 7) is 8.78. The summed E-state index contributed by atoms with van der Waals surface area (Å²) in [6, 6.07) is 8.70. The fraction of sp³-hybridized carbons (Fsp3) is 0.476. The molecule has 2 heterocycles. The number of benzene rings is 1. The lowest BCUT2D eigenvalue weighted by Crippen LogP contribution is -2.47. The Bertz CT molecular complexity index is 855. The van der Waals surface area contributed by atoms with Crippen LogP contribution in [0.25, 0.3) is 0 Å². The number of morpholine rings is 1. The number of rotatable bonds is 8. The second kappa shape index (κ2) is 9.95. The van der Waals surface area contributed by atoms with Crippen molar-refractivity contribution in [2.75, 3.05) is 44.4 Å². The maximum absolute atomic E-state index is 12.5. The molecule has 0 spiro atoms. The second-order valence-corrected chi connectivity index (χ2v) is 7.82. The molecule has 8 nitrogen and oxygen atoms in total. The van der Waals surface area contributed by atoms with Crippen molar-refractivity contribution >= 4 is 23.3 Å². The van der Waals surface area contributed by atoms with Gasteiger partial charge in [0.25, 0.3) is 5.91 Å². The summed E-state index contributed by atoms with van der Waals surface area (Å²) in [5, 5.41) is 3.44. The molecule has 1 fully saturated rings. The van der Waals surface area contributed by atoms with E-state index in [0.29, 0.717) is 42.2 Å². The van der Waals surface area contributed by atoms with E-state index in [1.54, 1.807) is 38.1 Å². The molecule has 0 unspecified atom stereocenters.